The molecule has 33 heavy (non-hydrogen) atoms. The highest BCUT2D eigenvalue weighted by molar-refractivity contribution is 7.72. The third-order valence-electron chi connectivity index (χ3n) is 5.72. The molecule has 4 aromatic rings. The van der Waals surface area contributed by atoms with Gasteiger partial charge in [0.05, 0.1) is 24.6 Å². The smallest absolute Gasteiger partial charge is 0.123 e. The molecule has 0 nitrogen and oxygen atoms in total. The van der Waals surface area contributed by atoms with Gasteiger partial charge in [0.25, 0.3) is 0 Å². The van der Waals surface area contributed by atoms with Crippen LogP contribution in [0.5, 0.6) is 0 Å². The predicted molar refractivity (Wildman–Crippen MR) is 127 cm³/mol. The summed E-state index contributed by atoms with van der Waals surface area (Å²) in [6, 6.07) is 26.0. The van der Waals surface area contributed by atoms with E-state index in [-0.39, 0.29) is 23.3 Å². The Morgan fingerprint density at radius 3 is 0.697 bits per heavy atom. The molecule has 0 aromatic heterocycles. The van der Waals surface area contributed by atoms with Crippen molar-refractivity contribution in [2.75, 3.05) is 0 Å². The maximum absolute atomic E-state index is 13.6. The van der Waals surface area contributed by atoms with Crippen LogP contribution in [0.2, 0.25) is 0 Å². The fourth-order valence-electron chi connectivity index (χ4n) is 4.24. The minimum atomic E-state index is -1.93. The van der Waals surface area contributed by atoms with E-state index in [1.165, 1.54) is 48.5 Å². The molecule has 0 heterocycles. The molecule has 4 rings (SSSR count). The number of hydrogen-bond donors (Lipinski definition) is 0. The van der Waals surface area contributed by atoms with Crippen LogP contribution < -0.4 is 0 Å². The van der Waals surface area contributed by atoms with Gasteiger partial charge in [-0.3, -0.25) is 0 Å². The van der Waals surface area contributed by atoms with Gasteiger partial charge in [0.15, 0.2) is 0 Å². The van der Waals surface area contributed by atoms with E-state index >= 15 is 0 Å². The molecule has 0 saturated heterocycles. The van der Waals surface area contributed by atoms with Crippen LogP contribution in [-0.2, 0) is 24.6 Å². The first-order valence-corrected chi connectivity index (χ1v) is 13.3. The number of hydrogen-bond acceptors (Lipinski definition) is 0. The molecular formula is C28H24F4P+. The summed E-state index contributed by atoms with van der Waals surface area (Å²) >= 11 is 0. The van der Waals surface area contributed by atoms with Crippen molar-refractivity contribution in [2.24, 2.45) is 0 Å². The minimum absolute atomic E-state index is 0.293. The largest absolute Gasteiger partial charge is 0.207 e. The van der Waals surface area contributed by atoms with Crippen molar-refractivity contribution in [1.82, 2.24) is 0 Å². The summed E-state index contributed by atoms with van der Waals surface area (Å²) in [4.78, 5) is 0. The summed E-state index contributed by atoms with van der Waals surface area (Å²) in [6.45, 7) is 0. The number of halogens is 4. The lowest BCUT2D eigenvalue weighted by Crippen LogP contribution is -2.08. The van der Waals surface area contributed by atoms with E-state index in [0.717, 1.165) is 46.9 Å². The van der Waals surface area contributed by atoms with Gasteiger partial charge in [-0.05, 0) is 70.8 Å². The Bertz CT molecular complexity index is 973. The molecule has 0 aliphatic heterocycles. The lowest BCUT2D eigenvalue weighted by molar-refractivity contribution is 0.627. The van der Waals surface area contributed by atoms with Gasteiger partial charge in [-0.1, -0.05) is 48.5 Å². The maximum atomic E-state index is 13.6. The zero-order chi connectivity index (χ0) is 23.3. The first kappa shape index (κ1) is 23.2. The summed E-state index contributed by atoms with van der Waals surface area (Å²) in [6.07, 6.45) is 2.89. The average molecular weight is 467 g/mol. The van der Waals surface area contributed by atoms with E-state index < -0.39 is 7.26 Å². The SMILES string of the molecule is Fc1ccc(C[P+](Cc2ccc(F)cc2)(Cc2ccc(F)cc2)Cc2ccc(F)cc2)cc1. The second-order valence-electron chi connectivity index (χ2n) is 8.48. The van der Waals surface area contributed by atoms with Crippen molar-refractivity contribution in [1.29, 1.82) is 0 Å². The number of benzene rings is 4. The molecule has 5 heteroatoms. The van der Waals surface area contributed by atoms with Gasteiger partial charge in [-0.15, -0.1) is 0 Å². The third-order valence-corrected chi connectivity index (χ3v) is 9.87. The Morgan fingerprint density at radius 1 is 0.333 bits per heavy atom. The standard InChI is InChI=1S/C28H24F4P/c29-25-9-1-21(2-10-25)17-33(18-22-3-11-26(30)12-4-22,19-23-5-13-27(31)14-6-23)20-24-7-15-28(32)16-8-24/h1-16H,17-20H2/q+1. The Morgan fingerprint density at radius 2 is 0.515 bits per heavy atom. The van der Waals surface area contributed by atoms with Crippen molar-refractivity contribution < 1.29 is 17.6 Å². The molecule has 0 atom stereocenters. The Balaban J connectivity index is 1.77. The molecule has 0 aliphatic carbocycles. The molecule has 0 bridgehead atoms. The lowest BCUT2D eigenvalue weighted by Gasteiger charge is -2.29. The number of rotatable bonds is 8. The van der Waals surface area contributed by atoms with Crippen molar-refractivity contribution >= 4 is 7.26 Å². The van der Waals surface area contributed by atoms with Gasteiger partial charge in [0.1, 0.15) is 23.3 Å². The Hall–Kier alpha value is -2.97. The van der Waals surface area contributed by atoms with Gasteiger partial charge in [0.2, 0.25) is 0 Å². The fourth-order valence-corrected chi connectivity index (χ4v) is 8.86. The van der Waals surface area contributed by atoms with Crippen molar-refractivity contribution in [3.05, 3.63) is 143 Å². The highest BCUT2D eigenvalue weighted by atomic mass is 31.2. The van der Waals surface area contributed by atoms with Crippen molar-refractivity contribution in [3.63, 3.8) is 0 Å². The second-order valence-corrected chi connectivity index (χ2v) is 12.4. The molecule has 0 radical (unpaired) electrons. The monoisotopic (exact) mass is 467 g/mol. The molecule has 0 spiro atoms. The lowest BCUT2D eigenvalue weighted by atomic mass is 10.2. The van der Waals surface area contributed by atoms with Crippen LogP contribution in [0.3, 0.4) is 0 Å². The van der Waals surface area contributed by atoms with Crippen LogP contribution in [0, 0.1) is 23.3 Å². The molecular weight excluding hydrogens is 443 g/mol. The normalized spacial score (nSPS) is 11.5. The van der Waals surface area contributed by atoms with E-state index in [4.69, 9.17) is 0 Å². The molecule has 0 amide bonds. The van der Waals surface area contributed by atoms with Crippen LogP contribution >= 0.6 is 7.26 Å². The average Bonchev–Trinajstić information content (AvgIpc) is 2.80. The molecule has 0 N–H and O–H groups in total. The molecule has 0 unspecified atom stereocenters. The van der Waals surface area contributed by atoms with Crippen LogP contribution in [-0.4, -0.2) is 0 Å². The van der Waals surface area contributed by atoms with E-state index in [0.29, 0.717) is 0 Å². The highest BCUT2D eigenvalue weighted by Crippen LogP contribution is 2.68. The van der Waals surface area contributed by atoms with Crippen LogP contribution in [0.4, 0.5) is 17.6 Å². The second kappa shape index (κ2) is 10.3. The molecule has 0 saturated carbocycles. The van der Waals surface area contributed by atoms with Gasteiger partial charge < -0.3 is 0 Å². The van der Waals surface area contributed by atoms with Gasteiger partial charge in [0, 0.05) is 7.26 Å². The zero-order valence-corrected chi connectivity index (χ0v) is 18.9. The topological polar surface area (TPSA) is 0 Å². The van der Waals surface area contributed by atoms with Crippen LogP contribution in [0.15, 0.2) is 97.1 Å². The Labute approximate surface area is 192 Å². The summed E-state index contributed by atoms with van der Waals surface area (Å²) in [5, 5.41) is 0. The van der Waals surface area contributed by atoms with Gasteiger partial charge in [-0.2, -0.15) is 0 Å². The molecule has 0 aliphatic rings. The van der Waals surface area contributed by atoms with E-state index in [2.05, 4.69) is 0 Å². The molecule has 4 aromatic carbocycles. The third kappa shape index (κ3) is 6.52. The highest BCUT2D eigenvalue weighted by Gasteiger charge is 2.38. The van der Waals surface area contributed by atoms with E-state index in [1.54, 1.807) is 48.5 Å². The van der Waals surface area contributed by atoms with Gasteiger partial charge in [-0.25, -0.2) is 17.6 Å². The van der Waals surface area contributed by atoms with Crippen LogP contribution in [0.25, 0.3) is 0 Å². The minimum Gasteiger partial charge on any atom is -0.207 e. The van der Waals surface area contributed by atoms with Gasteiger partial charge >= 0.3 is 0 Å². The summed E-state index contributed by atoms with van der Waals surface area (Å²) < 4.78 is 54.3. The zero-order valence-electron chi connectivity index (χ0n) is 18.0. The first-order chi connectivity index (χ1) is 15.9. The maximum Gasteiger partial charge on any atom is 0.123 e. The fraction of sp³-hybridized carbons (Fsp3) is 0.143. The summed E-state index contributed by atoms with van der Waals surface area (Å²) in [5.41, 5.74) is 4.04. The Kier molecular flexibility index (Phi) is 7.25. The molecule has 0 fully saturated rings. The van der Waals surface area contributed by atoms with Crippen molar-refractivity contribution in [2.45, 2.75) is 24.6 Å². The van der Waals surface area contributed by atoms with E-state index in [1.807, 2.05) is 0 Å². The van der Waals surface area contributed by atoms with Crippen molar-refractivity contribution in [3.8, 4) is 0 Å². The van der Waals surface area contributed by atoms with Crippen LogP contribution in [0.1, 0.15) is 22.3 Å². The van der Waals surface area contributed by atoms with E-state index in [9.17, 15) is 17.6 Å². The quantitative estimate of drug-likeness (QED) is 0.180. The predicted octanol–water partition coefficient (Wildman–Crippen LogP) is 8.36. The summed E-state index contributed by atoms with van der Waals surface area (Å²) in [5.74, 6) is -1.17. The summed E-state index contributed by atoms with van der Waals surface area (Å²) in [7, 11) is -1.93. The first-order valence-electron chi connectivity index (χ1n) is 10.7. The molecule has 168 valence electrons.